The molecule has 2 aromatic rings. The number of ketones is 1. The summed E-state index contributed by atoms with van der Waals surface area (Å²) < 4.78 is 117. The second-order valence-electron chi connectivity index (χ2n) is 5.28. The molecule has 0 aromatic heterocycles. The molecular formula is C19H16FNO7S. The van der Waals surface area contributed by atoms with Crippen molar-refractivity contribution in [2.45, 2.75) is 11.8 Å². The van der Waals surface area contributed by atoms with Crippen LogP contribution in [0.1, 0.15) is 38.5 Å². The third-order valence-electron chi connectivity index (χ3n) is 3.40. The van der Waals surface area contributed by atoms with Crippen LogP contribution in [-0.2, 0) is 34.3 Å². The molecule has 8 nitrogen and oxygen atoms in total. The van der Waals surface area contributed by atoms with Gasteiger partial charge in [-0.05, 0) is 17.7 Å². The molecule has 0 saturated carbocycles. The average molecular weight is 429 g/mol. The number of hydrogen-bond donors (Lipinski definition) is 1. The number of esters is 1. The Bertz CT molecular complexity index is 1470. The normalized spacial score (nSPS) is 23.4. The lowest BCUT2D eigenvalue weighted by Gasteiger charge is -2.11. The van der Waals surface area contributed by atoms with Crippen LogP contribution in [-0.4, -0.2) is 27.3 Å². The van der Waals surface area contributed by atoms with E-state index in [4.69, 9.17) is 21.4 Å². The van der Waals surface area contributed by atoms with Crippen LogP contribution < -0.4 is 5.73 Å². The van der Waals surface area contributed by atoms with Crippen molar-refractivity contribution >= 4 is 21.9 Å². The Labute approximate surface area is 177 Å². The van der Waals surface area contributed by atoms with Gasteiger partial charge in [0.25, 0.3) is 0 Å². The number of carbonyl (C=O) groups excluding carboxylic acids is 2. The number of carbonyl (C=O) groups is 2. The van der Waals surface area contributed by atoms with Crippen molar-refractivity contribution in [3.05, 3.63) is 82.6 Å². The van der Waals surface area contributed by atoms with Gasteiger partial charge in [0.15, 0.2) is 6.08 Å². The zero-order valence-electron chi connectivity index (χ0n) is 22.5. The van der Waals surface area contributed by atoms with E-state index in [0.29, 0.717) is 6.07 Å². The predicted octanol–water partition coefficient (Wildman–Crippen LogP) is 1.93. The Kier molecular flexibility index (Phi) is 3.34. The Morgan fingerprint density at radius 2 is 2.07 bits per heavy atom. The molecule has 0 unspecified atom stereocenters. The minimum Gasteiger partial charge on any atom is -0.465 e. The van der Waals surface area contributed by atoms with Crippen LogP contribution in [0.4, 0.5) is 4.39 Å². The zero-order chi connectivity index (χ0) is 28.2. The summed E-state index contributed by atoms with van der Waals surface area (Å²) in [6.07, 6.45) is -2.91. The highest BCUT2D eigenvalue weighted by molar-refractivity contribution is 7.86. The van der Waals surface area contributed by atoms with E-state index >= 15 is 0 Å². The second-order valence-corrected chi connectivity index (χ2v) is 6.56. The smallest absolute Gasteiger partial charge is 0.340 e. The van der Waals surface area contributed by atoms with Crippen LogP contribution >= 0.6 is 0 Å². The molecule has 0 aliphatic carbocycles. The number of benzene rings is 2. The van der Waals surface area contributed by atoms with Gasteiger partial charge in [-0.15, -0.1) is 0 Å². The molecule has 0 amide bonds. The van der Waals surface area contributed by atoms with Crippen LogP contribution in [0, 0.1) is 5.82 Å². The van der Waals surface area contributed by atoms with Gasteiger partial charge >= 0.3 is 16.1 Å². The van der Waals surface area contributed by atoms with Crippen molar-refractivity contribution in [3.63, 3.8) is 0 Å². The number of hydrogen-bond acceptors (Lipinski definition) is 8. The van der Waals surface area contributed by atoms with Gasteiger partial charge < -0.3 is 19.4 Å². The van der Waals surface area contributed by atoms with Crippen LogP contribution in [0.3, 0.4) is 0 Å². The molecule has 29 heavy (non-hydrogen) atoms. The third-order valence-corrected chi connectivity index (χ3v) is 4.25. The maximum absolute atomic E-state index is 14.4. The molecule has 10 heteroatoms. The summed E-state index contributed by atoms with van der Waals surface area (Å²) in [5, 5.41) is 0. The molecule has 1 aliphatic heterocycles. The van der Waals surface area contributed by atoms with E-state index in [1.807, 2.05) is 0 Å². The maximum atomic E-state index is 14.4. The molecule has 2 N–H and O–H groups in total. The van der Waals surface area contributed by atoms with Gasteiger partial charge in [-0.2, -0.15) is 8.42 Å². The highest BCUT2D eigenvalue weighted by Gasteiger charge is 2.40. The van der Waals surface area contributed by atoms with Gasteiger partial charge in [0.2, 0.25) is 17.4 Å². The van der Waals surface area contributed by atoms with Crippen molar-refractivity contribution in [2.75, 3.05) is 7.11 Å². The molecule has 1 atom stereocenters. The molecular weight excluding hydrogens is 405 g/mol. The van der Waals surface area contributed by atoms with Crippen molar-refractivity contribution in [1.82, 2.24) is 0 Å². The summed E-state index contributed by atoms with van der Waals surface area (Å²) in [5.41, 5.74) is -0.708. The summed E-state index contributed by atoms with van der Waals surface area (Å²) in [4.78, 5) is 24.5. The van der Waals surface area contributed by atoms with Crippen LogP contribution in [0.15, 0.2) is 60.1 Å². The van der Waals surface area contributed by atoms with Gasteiger partial charge in [-0.3, -0.25) is 4.79 Å². The van der Waals surface area contributed by atoms with Gasteiger partial charge in [-0.25, -0.2) is 9.18 Å². The van der Waals surface area contributed by atoms with Gasteiger partial charge in [0.05, 0.1) is 23.6 Å². The quantitative estimate of drug-likeness (QED) is 0.546. The minimum absolute atomic E-state index is 0.546. The van der Waals surface area contributed by atoms with Crippen LogP contribution in [0.5, 0.6) is 0 Å². The first-order valence-corrected chi connectivity index (χ1v) is 8.96. The lowest BCUT2D eigenvalue weighted by Crippen LogP contribution is -2.16. The molecule has 0 spiro atoms. The highest BCUT2D eigenvalue weighted by Crippen LogP contribution is 2.33. The molecule has 0 saturated heterocycles. The van der Waals surface area contributed by atoms with Crippen molar-refractivity contribution in [3.8, 4) is 0 Å². The fraction of sp³-hybridized carbons (Fsp3) is 0.158. The molecule has 152 valence electrons. The molecule has 1 heterocycles. The van der Waals surface area contributed by atoms with Crippen molar-refractivity contribution < 1.29 is 47.0 Å². The second kappa shape index (κ2) is 7.92. The molecule has 3 rings (SSSR count). The Morgan fingerprint density at radius 3 is 2.69 bits per heavy atom. The van der Waals surface area contributed by atoms with E-state index in [9.17, 15) is 22.4 Å². The first-order valence-electron chi connectivity index (χ1n) is 11.6. The first-order chi connectivity index (χ1) is 16.9. The molecule has 0 radical (unpaired) electrons. The van der Waals surface area contributed by atoms with Crippen LogP contribution in [0.2, 0.25) is 0 Å². The third kappa shape index (κ3) is 4.37. The largest absolute Gasteiger partial charge is 0.465 e. The Morgan fingerprint density at radius 1 is 1.38 bits per heavy atom. The first kappa shape index (κ1) is 12.2. The van der Waals surface area contributed by atoms with E-state index < -0.39 is 98.0 Å². The van der Waals surface area contributed by atoms with E-state index in [-0.39, 0.29) is 0 Å². The molecule has 0 bridgehead atoms. The Hall–Kier alpha value is -3.40. The minimum atomic E-state index is -5.71. The Balaban J connectivity index is 2.02. The number of Topliss-reactive ketones (excluding diaryl/α,β-unsaturated/α-hetero) is 1. The monoisotopic (exact) mass is 429 g/mol. The lowest BCUT2D eigenvalue weighted by molar-refractivity contribution is -0.123. The SMILES string of the molecule is [2H]c1c([2H])c([2H])c(C([2H])([2H])S(=O)(=O)OC2=C(N)O[C@]([2H])(c3ccc(C(=O)OC)c(F)c3)C2=O)c([2H])c1[2H]. The maximum Gasteiger partial charge on any atom is 0.340 e. The number of methoxy groups -OCH3 is 1. The topological polar surface area (TPSA) is 122 Å². The van der Waals surface area contributed by atoms with Crippen LogP contribution in [0.25, 0.3) is 0 Å². The van der Waals surface area contributed by atoms with E-state index in [1.54, 1.807) is 0 Å². The molecule has 2 aromatic carbocycles. The van der Waals surface area contributed by atoms with E-state index in [1.165, 1.54) is 0 Å². The standard InChI is InChI=1S/C19H16FNO7S/c1-26-19(23)13-8-7-12(9-14(13)20)16-15(22)17(18(21)27-16)28-29(24,25)10-11-5-3-2-4-6-11/h2-9,16H,10,21H2,1H3/t16-/m1/s1/i2D,3D,4D,5D,6D,10D2,16D. The number of rotatable bonds is 6. The zero-order valence-corrected chi connectivity index (χ0v) is 15.3. The summed E-state index contributed by atoms with van der Waals surface area (Å²) in [5.74, 6) is -6.35. The van der Waals surface area contributed by atoms with Gasteiger partial charge in [-0.1, -0.05) is 36.3 Å². The number of halogens is 1. The van der Waals surface area contributed by atoms with Gasteiger partial charge in [0, 0.05) is 5.56 Å². The van der Waals surface area contributed by atoms with Gasteiger partial charge in [0.1, 0.15) is 11.5 Å². The fourth-order valence-electron chi connectivity index (χ4n) is 2.18. The summed E-state index contributed by atoms with van der Waals surface area (Å²) >= 11 is 0. The molecule has 1 aliphatic rings. The van der Waals surface area contributed by atoms with E-state index in [0.717, 1.165) is 19.2 Å². The fourth-order valence-corrected chi connectivity index (χ4v) is 2.95. The van der Waals surface area contributed by atoms with Crippen molar-refractivity contribution in [2.24, 2.45) is 5.73 Å². The number of nitrogens with two attached hydrogens (primary N) is 1. The highest BCUT2D eigenvalue weighted by atomic mass is 32.2. The van der Waals surface area contributed by atoms with E-state index in [2.05, 4.69) is 8.92 Å². The summed E-state index contributed by atoms with van der Waals surface area (Å²) in [6.45, 7) is 0. The van der Waals surface area contributed by atoms with Crippen molar-refractivity contribution in [1.29, 1.82) is 0 Å². The summed E-state index contributed by atoms with van der Waals surface area (Å²) in [7, 11) is -4.72. The average Bonchev–Trinajstić information content (AvgIpc) is 3.04. The summed E-state index contributed by atoms with van der Waals surface area (Å²) in [6, 6.07) is -2.99. The number of ether oxygens (including phenoxy) is 2. The lowest BCUT2D eigenvalue weighted by atomic mass is 10.0. The molecule has 0 fully saturated rings. The predicted molar refractivity (Wildman–Crippen MR) is 97.9 cm³/mol.